The smallest absolute Gasteiger partial charge is 0.270 e. The molecule has 2 rings (SSSR count). The van der Waals surface area contributed by atoms with E-state index in [9.17, 15) is 14.9 Å². The summed E-state index contributed by atoms with van der Waals surface area (Å²) in [7, 11) is 0. The molecule has 0 spiro atoms. The Morgan fingerprint density at radius 3 is 2.80 bits per heavy atom. The molecule has 15 heavy (non-hydrogen) atoms. The van der Waals surface area contributed by atoms with Gasteiger partial charge in [0.2, 0.25) is 0 Å². The van der Waals surface area contributed by atoms with Gasteiger partial charge in [0.05, 0.1) is 16.7 Å². The number of benzene rings is 1. The number of fused-ring (bicyclic) bond motifs is 1. The summed E-state index contributed by atoms with van der Waals surface area (Å²) < 4.78 is 0. The summed E-state index contributed by atoms with van der Waals surface area (Å²) in [6.07, 6.45) is -0.161. The lowest BCUT2D eigenvalue weighted by atomic mass is 10.1. The standard InChI is InChI=1S/C9H9N3O3/c1-5-10-8-3-2-6(12(14)15)4-7(8)9(13)11-5/h2-5,10H,1H3,(H,11,13). The van der Waals surface area contributed by atoms with Gasteiger partial charge in [0.15, 0.2) is 0 Å². The summed E-state index contributed by atoms with van der Waals surface area (Å²) in [5.74, 6) is -0.292. The predicted molar refractivity (Wildman–Crippen MR) is 53.6 cm³/mol. The molecule has 0 aromatic heterocycles. The van der Waals surface area contributed by atoms with E-state index in [2.05, 4.69) is 10.6 Å². The Labute approximate surface area is 85.4 Å². The fraction of sp³-hybridized carbons (Fsp3) is 0.222. The summed E-state index contributed by atoms with van der Waals surface area (Å²) in [6.45, 7) is 1.79. The minimum atomic E-state index is -0.522. The Hall–Kier alpha value is -2.11. The molecule has 1 aromatic rings. The first-order valence-electron chi connectivity index (χ1n) is 4.44. The normalized spacial score (nSPS) is 18.7. The molecule has 6 heteroatoms. The molecular weight excluding hydrogens is 198 g/mol. The third-order valence-electron chi connectivity index (χ3n) is 2.18. The SMILES string of the molecule is CC1NC(=O)c2cc([N+](=O)[O-])ccc2N1. The van der Waals surface area contributed by atoms with Gasteiger partial charge in [-0.25, -0.2) is 0 Å². The van der Waals surface area contributed by atoms with Crippen molar-refractivity contribution in [3.05, 3.63) is 33.9 Å². The number of nitrogens with zero attached hydrogens (tertiary/aromatic N) is 1. The van der Waals surface area contributed by atoms with Gasteiger partial charge in [-0.2, -0.15) is 0 Å². The van der Waals surface area contributed by atoms with Crippen molar-refractivity contribution in [1.29, 1.82) is 0 Å². The van der Waals surface area contributed by atoms with Gasteiger partial charge in [-0.05, 0) is 13.0 Å². The zero-order chi connectivity index (χ0) is 11.0. The lowest BCUT2D eigenvalue weighted by Crippen LogP contribution is -2.42. The molecule has 0 radical (unpaired) electrons. The maximum absolute atomic E-state index is 11.5. The number of nitro groups is 1. The number of nitrogens with one attached hydrogen (secondary N) is 2. The molecule has 1 aliphatic rings. The predicted octanol–water partition coefficient (Wildman–Crippen LogP) is 1.10. The second-order valence-corrected chi connectivity index (χ2v) is 3.33. The van der Waals surface area contributed by atoms with Gasteiger partial charge in [0.1, 0.15) is 0 Å². The van der Waals surface area contributed by atoms with E-state index in [1.54, 1.807) is 13.0 Å². The van der Waals surface area contributed by atoms with E-state index < -0.39 is 4.92 Å². The number of carbonyl (C=O) groups excluding carboxylic acids is 1. The fourth-order valence-corrected chi connectivity index (χ4v) is 1.50. The molecule has 0 saturated carbocycles. The van der Waals surface area contributed by atoms with Crippen molar-refractivity contribution in [3.63, 3.8) is 0 Å². The van der Waals surface area contributed by atoms with E-state index in [-0.39, 0.29) is 17.8 Å². The number of rotatable bonds is 1. The van der Waals surface area contributed by atoms with E-state index in [0.29, 0.717) is 11.3 Å². The third-order valence-corrected chi connectivity index (χ3v) is 2.18. The number of hydrogen-bond acceptors (Lipinski definition) is 4. The first kappa shape index (κ1) is 9.45. The quantitative estimate of drug-likeness (QED) is 0.533. The maximum atomic E-state index is 11.5. The molecule has 1 amide bonds. The van der Waals surface area contributed by atoms with Gasteiger partial charge >= 0.3 is 0 Å². The van der Waals surface area contributed by atoms with Crippen LogP contribution in [0.4, 0.5) is 11.4 Å². The minimum Gasteiger partial charge on any atom is -0.365 e. The van der Waals surface area contributed by atoms with Crippen molar-refractivity contribution >= 4 is 17.3 Å². The maximum Gasteiger partial charge on any atom is 0.270 e. The second kappa shape index (κ2) is 3.23. The van der Waals surface area contributed by atoms with E-state index in [0.717, 1.165) is 0 Å². The summed E-state index contributed by atoms with van der Waals surface area (Å²) in [4.78, 5) is 21.5. The van der Waals surface area contributed by atoms with Crippen molar-refractivity contribution in [3.8, 4) is 0 Å². The number of non-ortho nitro benzene ring substituents is 1. The topological polar surface area (TPSA) is 84.3 Å². The second-order valence-electron chi connectivity index (χ2n) is 3.33. The highest BCUT2D eigenvalue weighted by molar-refractivity contribution is 6.02. The van der Waals surface area contributed by atoms with Crippen LogP contribution in [0.5, 0.6) is 0 Å². The number of amides is 1. The summed E-state index contributed by atoms with van der Waals surface area (Å²) in [5, 5.41) is 16.1. The summed E-state index contributed by atoms with van der Waals surface area (Å²) in [6, 6.07) is 4.18. The van der Waals surface area contributed by atoms with Crippen molar-refractivity contribution < 1.29 is 9.72 Å². The average molecular weight is 207 g/mol. The summed E-state index contributed by atoms with van der Waals surface area (Å²) >= 11 is 0. The molecule has 1 aromatic carbocycles. The molecule has 6 nitrogen and oxygen atoms in total. The minimum absolute atomic E-state index is 0.0831. The van der Waals surface area contributed by atoms with Crippen LogP contribution in [-0.2, 0) is 0 Å². The molecule has 2 N–H and O–H groups in total. The lowest BCUT2D eigenvalue weighted by Gasteiger charge is -2.24. The van der Waals surface area contributed by atoms with Crippen LogP contribution in [0.3, 0.4) is 0 Å². The Morgan fingerprint density at radius 1 is 1.40 bits per heavy atom. The van der Waals surface area contributed by atoms with Crippen LogP contribution in [0.2, 0.25) is 0 Å². The zero-order valence-electron chi connectivity index (χ0n) is 7.98. The first-order valence-corrected chi connectivity index (χ1v) is 4.44. The molecule has 1 unspecified atom stereocenters. The molecule has 1 aliphatic heterocycles. The highest BCUT2D eigenvalue weighted by Gasteiger charge is 2.22. The highest BCUT2D eigenvalue weighted by atomic mass is 16.6. The van der Waals surface area contributed by atoms with Crippen LogP contribution in [0.25, 0.3) is 0 Å². The average Bonchev–Trinajstić information content (AvgIpc) is 2.16. The van der Waals surface area contributed by atoms with Crippen molar-refractivity contribution in [2.45, 2.75) is 13.1 Å². The molecule has 1 heterocycles. The number of hydrogen-bond donors (Lipinski definition) is 2. The molecule has 1 atom stereocenters. The van der Waals surface area contributed by atoms with Crippen molar-refractivity contribution in [2.24, 2.45) is 0 Å². The monoisotopic (exact) mass is 207 g/mol. The largest absolute Gasteiger partial charge is 0.365 e. The lowest BCUT2D eigenvalue weighted by molar-refractivity contribution is -0.384. The Kier molecular flexibility index (Phi) is 2.03. The van der Waals surface area contributed by atoms with Crippen LogP contribution in [0.15, 0.2) is 18.2 Å². The Bertz CT molecular complexity index is 444. The van der Waals surface area contributed by atoms with Gasteiger partial charge in [-0.1, -0.05) is 0 Å². The van der Waals surface area contributed by atoms with E-state index in [1.165, 1.54) is 12.1 Å². The number of carbonyl (C=O) groups is 1. The Balaban J connectivity index is 2.48. The number of anilines is 1. The van der Waals surface area contributed by atoms with Gasteiger partial charge in [0.25, 0.3) is 11.6 Å². The van der Waals surface area contributed by atoms with Crippen LogP contribution in [0, 0.1) is 10.1 Å². The van der Waals surface area contributed by atoms with Gasteiger partial charge < -0.3 is 10.6 Å². The first-order chi connectivity index (χ1) is 7.08. The van der Waals surface area contributed by atoms with Crippen LogP contribution in [-0.4, -0.2) is 17.0 Å². The molecule has 0 aliphatic carbocycles. The van der Waals surface area contributed by atoms with E-state index in [1.807, 2.05) is 0 Å². The van der Waals surface area contributed by atoms with Gasteiger partial charge in [-0.3, -0.25) is 14.9 Å². The van der Waals surface area contributed by atoms with Crippen LogP contribution < -0.4 is 10.6 Å². The fourth-order valence-electron chi connectivity index (χ4n) is 1.50. The highest BCUT2D eigenvalue weighted by Crippen LogP contribution is 2.24. The van der Waals surface area contributed by atoms with Crippen molar-refractivity contribution in [2.75, 3.05) is 5.32 Å². The molecule has 78 valence electrons. The molecule has 0 fully saturated rings. The molecule has 0 saturated heterocycles. The molecular formula is C9H9N3O3. The Morgan fingerprint density at radius 2 is 2.13 bits per heavy atom. The van der Waals surface area contributed by atoms with E-state index >= 15 is 0 Å². The van der Waals surface area contributed by atoms with Gasteiger partial charge in [0, 0.05) is 17.8 Å². The van der Waals surface area contributed by atoms with Gasteiger partial charge in [-0.15, -0.1) is 0 Å². The third kappa shape index (κ3) is 1.61. The number of nitro benzene ring substituents is 1. The van der Waals surface area contributed by atoms with Crippen LogP contribution >= 0.6 is 0 Å². The van der Waals surface area contributed by atoms with Crippen LogP contribution in [0.1, 0.15) is 17.3 Å². The summed E-state index contributed by atoms with van der Waals surface area (Å²) in [5.41, 5.74) is 0.847. The van der Waals surface area contributed by atoms with Crippen molar-refractivity contribution in [1.82, 2.24) is 5.32 Å². The zero-order valence-corrected chi connectivity index (χ0v) is 7.98. The van der Waals surface area contributed by atoms with E-state index in [4.69, 9.17) is 0 Å². The molecule has 0 bridgehead atoms.